The maximum Gasteiger partial charge on any atom is 0.254 e. The first kappa shape index (κ1) is 27.7. The molecule has 2 unspecified atom stereocenters. The lowest BCUT2D eigenvalue weighted by Crippen LogP contribution is -2.41. The van der Waals surface area contributed by atoms with Gasteiger partial charge in [-0.15, -0.1) is 0 Å². The second kappa shape index (κ2) is 10.4. The number of primary amides is 1. The van der Waals surface area contributed by atoms with Crippen LogP contribution in [0.15, 0.2) is 36.4 Å². The van der Waals surface area contributed by atoms with Gasteiger partial charge in [0.25, 0.3) is 5.91 Å². The maximum absolute atomic E-state index is 13.8. The summed E-state index contributed by atoms with van der Waals surface area (Å²) in [7, 11) is 3.69. The fourth-order valence-electron chi connectivity index (χ4n) is 8.61. The van der Waals surface area contributed by atoms with Gasteiger partial charge in [-0.3, -0.25) is 9.59 Å². The monoisotopic (exact) mass is 594 g/mol. The summed E-state index contributed by atoms with van der Waals surface area (Å²) in [6.07, 6.45) is 8.32. The molecule has 4 aromatic rings. The molecule has 3 saturated carbocycles. The average molecular weight is 595 g/mol. The van der Waals surface area contributed by atoms with Crippen molar-refractivity contribution in [2.75, 3.05) is 13.7 Å². The number of para-hydroxylation sites is 1. The van der Waals surface area contributed by atoms with E-state index in [4.69, 9.17) is 21.2 Å². The molecule has 0 spiro atoms. The van der Waals surface area contributed by atoms with Crippen molar-refractivity contribution in [2.45, 2.75) is 75.9 Å². The van der Waals surface area contributed by atoms with Crippen LogP contribution in [0.5, 0.6) is 5.75 Å². The number of carbonyl (C=O) groups excluding carboxylic acids is 2. The Balaban J connectivity index is 1.24. The number of imidazole rings is 1. The van der Waals surface area contributed by atoms with Gasteiger partial charge in [0.2, 0.25) is 5.91 Å². The Hall–Kier alpha value is -3.85. The number of likely N-dealkylation sites (tertiary alicyclic amines) is 1. The van der Waals surface area contributed by atoms with Crippen molar-refractivity contribution in [1.29, 1.82) is 0 Å². The first-order valence-corrected chi connectivity index (χ1v) is 16.3. The van der Waals surface area contributed by atoms with E-state index in [0.29, 0.717) is 29.1 Å². The Morgan fingerprint density at radius 3 is 2.59 bits per heavy atom. The van der Waals surface area contributed by atoms with Gasteiger partial charge in [-0.05, 0) is 86.5 Å². The fraction of sp³-hybridized carbons (Fsp3) is 0.514. The van der Waals surface area contributed by atoms with Crippen molar-refractivity contribution in [2.24, 2.45) is 36.3 Å². The topological polar surface area (TPSA) is 121 Å². The van der Waals surface area contributed by atoms with Crippen LogP contribution in [0.2, 0.25) is 0 Å². The third kappa shape index (κ3) is 4.34. The van der Waals surface area contributed by atoms with Crippen molar-refractivity contribution in [3.8, 4) is 17.3 Å². The molecule has 3 heterocycles. The Labute approximate surface area is 257 Å². The number of methoxy groups -OCH3 is 1. The number of piperidine rings is 1. The molecule has 2 aromatic heterocycles. The average Bonchev–Trinajstić information content (AvgIpc) is 3.42. The van der Waals surface area contributed by atoms with Crippen molar-refractivity contribution in [1.82, 2.24) is 19.0 Å². The van der Waals surface area contributed by atoms with E-state index in [9.17, 15) is 9.59 Å². The summed E-state index contributed by atoms with van der Waals surface area (Å²) in [4.78, 5) is 33.0. The molecule has 1 aliphatic heterocycles. The Bertz CT molecular complexity index is 1800. The van der Waals surface area contributed by atoms with Crippen LogP contribution in [0.4, 0.5) is 0 Å². The van der Waals surface area contributed by atoms with Gasteiger partial charge in [-0.2, -0.15) is 0 Å². The van der Waals surface area contributed by atoms with E-state index >= 15 is 0 Å². The van der Waals surface area contributed by atoms with Crippen molar-refractivity contribution in [3.63, 3.8) is 0 Å². The zero-order chi connectivity index (χ0) is 30.3. The van der Waals surface area contributed by atoms with E-state index in [1.165, 1.54) is 29.3 Å². The molecule has 4 aliphatic rings. The van der Waals surface area contributed by atoms with Gasteiger partial charge in [-0.1, -0.05) is 24.6 Å². The van der Waals surface area contributed by atoms with Gasteiger partial charge in [0, 0.05) is 49.1 Å². The normalized spacial score (nSPS) is 26.6. The SMILES string of the molecule is COc1cc(C(=O)N2C[C@H]3CC[C@@H]2[C@@H]3N)cc2nc(-c3cc4cccc(C5CCCC(C(N)=O)C5)c4n3CC3CC3)n(C)c12. The van der Waals surface area contributed by atoms with Crippen LogP contribution in [0.1, 0.15) is 73.2 Å². The predicted octanol–water partition coefficient (Wildman–Crippen LogP) is 4.93. The summed E-state index contributed by atoms with van der Waals surface area (Å²) < 4.78 is 10.5. The van der Waals surface area contributed by atoms with E-state index in [1.54, 1.807) is 7.11 Å². The van der Waals surface area contributed by atoms with E-state index < -0.39 is 0 Å². The number of fused-ring (bicyclic) bond motifs is 4. The molecule has 5 atom stereocenters. The zero-order valence-corrected chi connectivity index (χ0v) is 25.7. The lowest BCUT2D eigenvalue weighted by Gasteiger charge is -2.28. The van der Waals surface area contributed by atoms with Crippen molar-refractivity contribution in [3.05, 3.63) is 47.5 Å². The number of ether oxygens (including phenoxy) is 1. The molecule has 0 radical (unpaired) electrons. The number of aromatic nitrogens is 3. The molecule has 2 amide bonds. The van der Waals surface area contributed by atoms with Gasteiger partial charge >= 0.3 is 0 Å². The summed E-state index contributed by atoms with van der Waals surface area (Å²) >= 11 is 0. The smallest absolute Gasteiger partial charge is 0.254 e. The number of nitrogens with two attached hydrogens (primary N) is 2. The summed E-state index contributed by atoms with van der Waals surface area (Å²) in [5.74, 6) is 2.61. The first-order chi connectivity index (χ1) is 21.3. The minimum atomic E-state index is -0.178. The number of nitrogens with zero attached hydrogens (tertiary/aromatic N) is 4. The van der Waals surface area contributed by atoms with E-state index in [0.717, 1.165) is 74.2 Å². The molecule has 9 nitrogen and oxygen atoms in total. The maximum atomic E-state index is 13.8. The Morgan fingerprint density at radius 2 is 1.89 bits per heavy atom. The van der Waals surface area contributed by atoms with E-state index in [2.05, 4.69) is 33.4 Å². The molecule has 3 aliphatic carbocycles. The highest BCUT2D eigenvalue weighted by Gasteiger charge is 2.47. The van der Waals surface area contributed by atoms with Crippen molar-refractivity contribution >= 4 is 33.8 Å². The van der Waals surface area contributed by atoms with Gasteiger partial charge < -0.3 is 30.2 Å². The third-order valence-corrected chi connectivity index (χ3v) is 11.1. The molecule has 4 N–H and O–H groups in total. The van der Waals surface area contributed by atoms with E-state index in [1.807, 2.05) is 24.1 Å². The van der Waals surface area contributed by atoms with Gasteiger partial charge in [0.05, 0.1) is 23.8 Å². The molecular formula is C35H42N6O3. The van der Waals surface area contributed by atoms with Gasteiger partial charge in [0.15, 0.2) is 5.82 Å². The molecule has 44 heavy (non-hydrogen) atoms. The Kier molecular flexibility index (Phi) is 6.52. The zero-order valence-electron chi connectivity index (χ0n) is 25.7. The molecular weight excluding hydrogens is 552 g/mol. The van der Waals surface area contributed by atoms with Crippen molar-refractivity contribution < 1.29 is 14.3 Å². The summed E-state index contributed by atoms with van der Waals surface area (Å²) in [6, 6.07) is 12.8. The number of rotatable bonds is 7. The molecule has 4 fully saturated rings. The highest BCUT2D eigenvalue weighted by atomic mass is 16.5. The number of hydrogen-bond acceptors (Lipinski definition) is 5. The van der Waals surface area contributed by atoms with Crippen LogP contribution in [-0.2, 0) is 18.4 Å². The highest BCUT2D eigenvalue weighted by molar-refractivity contribution is 6.00. The second-order valence-electron chi connectivity index (χ2n) is 13.8. The standard InChI is InChI=1S/C35H42N6O3/c1-39-32-26(14-24(16-29(32)44-2)35(43)41-18-23-11-12-27(41)30(23)36)38-34(39)28-15-21-6-4-8-25(31(21)40(28)17-19-9-10-19)20-5-3-7-22(13-20)33(37)42/h4,6,8,14-16,19-20,22-23,27,30H,3,5,7,9-13,17-18,36H2,1-2H3,(H2,37,42)/t20?,22?,23-,27-,30-/m1/s1. The molecule has 9 heteroatoms. The van der Waals surface area contributed by atoms with Crippen LogP contribution >= 0.6 is 0 Å². The van der Waals surface area contributed by atoms with Crippen LogP contribution in [0, 0.1) is 17.8 Å². The fourth-order valence-corrected chi connectivity index (χ4v) is 8.61. The van der Waals surface area contributed by atoms with E-state index in [-0.39, 0.29) is 29.8 Å². The van der Waals surface area contributed by atoms with Crippen LogP contribution in [0.3, 0.4) is 0 Å². The number of carbonyl (C=O) groups is 2. The summed E-state index contributed by atoms with van der Waals surface area (Å²) in [5.41, 5.74) is 18.1. The largest absolute Gasteiger partial charge is 0.494 e. The molecule has 2 bridgehead atoms. The minimum Gasteiger partial charge on any atom is -0.494 e. The number of aryl methyl sites for hydroxylation is 1. The third-order valence-electron chi connectivity index (χ3n) is 11.1. The van der Waals surface area contributed by atoms with Crippen LogP contribution in [0.25, 0.3) is 33.5 Å². The quantitative estimate of drug-likeness (QED) is 0.314. The van der Waals surface area contributed by atoms with Crippen LogP contribution < -0.4 is 16.2 Å². The number of hydrogen-bond donors (Lipinski definition) is 2. The lowest BCUT2D eigenvalue weighted by molar-refractivity contribution is -0.122. The molecule has 8 rings (SSSR count). The number of benzene rings is 2. The summed E-state index contributed by atoms with van der Waals surface area (Å²) in [5, 5.41) is 1.19. The molecule has 1 saturated heterocycles. The molecule has 2 aromatic carbocycles. The first-order valence-electron chi connectivity index (χ1n) is 16.3. The lowest BCUT2D eigenvalue weighted by atomic mass is 9.77. The minimum absolute atomic E-state index is 0.00860. The summed E-state index contributed by atoms with van der Waals surface area (Å²) in [6.45, 7) is 1.66. The Morgan fingerprint density at radius 1 is 1.05 bits per heavy atom. The molecule has 230 valence electrons. The second-order valence-corrected chi connectivity index (χ2v) is 13.8. The highest BCUT2D eigenvalue weighted by Crippen LogP contribution is 2.44. The van der Waals surface area contributed by atoms with Gasteiger partial charge in [0.1, 0.15) is 11.3 Å². The van der Waals surface area contributed by atoms with Gasteiger partial charge in [-0.25, -0.2) is 4.98 Å². The van der Waals surface area contributed by atoms with Crippen LogP contribution in [-0.4, -0.2) is 56.6 Å². The predicted molar refractivity (Wildman–Crippen MR) is 170 cm³/mol. The number of amides is 2.